The molecule has 1 aliphatic heterocycles. The molecule has 34 heavy (non-hydrogen) atoms. The van der Waals surface area contributed by atoms with Crippen molar-refractivity contribution >= 4 is 29.1 Å². The van der Waals surface area contributed by atoms with E-state index in [0.717, 1.165) is 5.56 Å². The predicted molar refractivity (Wildman–Crippen MR) is 126 cm³/mol. The van der Waals surface area contributed by atoms with Crippen molar-refractivity contribution in [1.29, 1.82) is 0 Å². The summed E-state index contributed by atoms with van der Waals surface area (Å²) in [4.78, 5) is 38.6. The highest BCUT2D eigenvalue weighted by Gasteiger charge is 2.35. The number of nitrogens with zero attached hydrogens (tertiary/aromatic N) is 1. The summed E-state index contributed by atoms with van der Waals surface area (Å²) in [7, 11) is 0. The van der Waals surface area contributed by atoms with Gasteiger partial charge in [0.05, 0.1) is 11.6 Å². The molecule has 0 aromatic heterocycles. The van der Waals surface area contributed by atoms with E-state index >= 15 is 0 Å². The van der Waals surface area contributed by atoms with Gasteiger partial charge in [0.25, 0.3) is 5.91 Å². The average molecular weight is 461 g/mol. The van der Waals surface area contributed by atoms with E-state index in [0.29, 0.717) is 24.5 Å². The summed E-state index contributed by atoms with van der Waals surface area (Å²) in [6, 6.07) is 22.1. The van der Waals surface area contributed by atoms with E-state index in [-0.39, 0.29) is 30.5 Å². The Balaban J connectivity index is 1.27. The van der Waals surface area contributed by atoms with Crippen molar-refractivity contribution in [1.82, 2.24) is 5.32 Å². The molecule has 4 rings (SSSR count). The van der Waals surface area contributed by atoms with Gasteiger partial charge in [0.15, 0.2) is 6.61 Å². The molecule has 1 saturated heterocycles. The third kappa shape index (κ3) is 5.78. The molecule has 0 spiro atoms. The molecule has 0 bridgehead atoms. The number of rotatable bonds is 8. The molecule has 174 valence electrons. The van der Waals surface area contributed by atoms with Gasteiger partial charge in [-0.2, -0.15) is 0 Å². The lowest BCUT2D eigenvalue weighted by atomic mass is 10.1. The van der Waals surface area contributed by atoms with Crippen LogP contribution in [0.5, 0.6) is 5.75 Å². The topological polar surface area (TPSA) is 87.7 Å². The second-order valence-electron chi connectivity index (χ2n) is 7.92. The molecule has 7 nitrogen and oxygen atoms in total. The van der Waals surface area contributed by atoms with Gasteiger partial charge in [0, 0.05) is 25.2 Å². The maximum Gasteiger partial charge on any atom is 0.262 e. The molecule has 3 aromatic rings. The van der Waals surface area contributed by atoms with E-state index in [9.17, 15) is 18.8 Å². The van der Waals surface area contributed by atoms with Crippen LogP contribution in [0.2, 0.25) is 0 Å². The minimum Gasteiger partial charge on any atom is -0.484 e. The number of ether oxygens (including phenoxy) is 1. The van der Waals surface area contributed by atoms with Gasteiger partial charge in [-0.1, -0.05) is 42.5 Å². The second kappa shape index (κ2) is 10.6. The summed E-state index contributed by atoms with van der Waals surface area (Å²) in [5.74, 6) is -1.29. The Labute approximate surface area is 196 Å². The number of carbonyl (C=O) groups is 3. The molecule has 0 unspecified atom stereocenters. The van der Waals surface area contributed by atoms with Gasteiger partial charge in [-0.15, -0.1) is 0 Å². The number of hydrogen-bond acceptors (Lipinski definition) is 4. The van der Waals surface area contributed by atoms with Gasteiger partial charge in [0.1, 0.15) is 11.6 Å². The highest BCUT2D eigenvalue weighted by atomic mass is 19.1. The minimum absolute atomic E-state index is 0.0846. The van der Waals surface area contributed by atoms with Crippen molar-refractivity contribution in [2.75, 3.05) is 23.4 Å². The molecule has 3 aromatic carbocycles. The van der Waals surface area contributed by atoms with Gasteiger partial charge in [-0.25, -0.2) is 4.39 Å². The van der Waals surface area contributed by atoms with Crippen LogP contribution >= 0.6 is 0 Å². The molecule has 0 saturated carbocycles. The first-order valence-corrected chi connectivity index (χ1v) is 10.9. The minimum atomic E-state index is -0.525. The fourth-order valence-electron chi connectivity index (χ4n) is 3.68. The first kappa shape index (κ1) is 23.0. The van der Waals surface area contributed by atoms with Crippen LogP contribution in [0.4, 0.5) is 15.8 Å². The summed E-state index contributed by atoms with van der Waals surface area (Å²) in [6.07, 6.45) is 0.148. The molecule has 3 amide bonds. The molecule has 0 aliphatic carbocycles. The third-order valence-corrected chi connectivity index (χ3v) is 5.47. The molecule has 1 heterocycles. The predicted octanol–water partition coefficient (Wildman–Crippen LogP) is 3.51. The molecular formula is C26H24FN3O4. The van der Waals surface area contributed by atoms with Crippen LogP contribution < -0.4 is 20.3 Å². The number of amides is 3. The SMILES string of the molecule is O=C(COc1ccc(N2C[C@H](C(=O)NCc3ccccc3)CC2=O)cc1)Nc1ccccc1F. The first-order valence-electron chi connectivity index (χ1n) is 10.9. The van der Waals surface area contributed by atoms with Crippen molar-refractivity contribution < 1.29 is 23.5 Å². The maximum atomic E-state index is 13.6. The largest absolute Gasteiger partial charge is 0.484 e. The summed E-state index contributed by atoms with van der Waals surface area (Å²) in [5.41, 5.74) is 1.73. The van der Waals surface area contributed by atoms with Gasteiger partial charge in [-0.3, -0.25) is 14.4 Å². The standard InChI is InChI=1S/C26H24FN3O4/c27-22-8-4-5-9-23(22)29-24(31)17-34-21-12-10-20(11-13-21)30-16-19(14-25(30)32)26(33)28-15-18-6-2-1-3-7-18/h1-13,19H,14-17H2,(H,28,33)(H,29,31)/t19-/m1/s1. The van der Waals surface area contributed by atoms with Crippen LogP contribution in [-0.2, 0) is 20.9 Å². The van der Waals surface area contributed by atoms with E-state index in [2.05, 4.69) is 10.6 Å². The third-order valence-electron chi connectivity index (χ3n) is 5.47. The van der Waals surface area contributed by atoms with Crippen LogP contribution in [0, 0.1) is 11.7 Å². The lowest BCUT2D eigenvalue weighted by Crippen LogP contribution is -2.32. The zero-order valence-corrected chi connectivity index (χ0v) is 18.4. The van der Waals surface area contributed by atoms with Gasteiger partial charge in [-0.05, 0) is 42.0 Å². The van der Waals surface area contributed by atoms with E-state index in [4.69, 9.17) is 4.74 Å². The monoisotopic (exact) mass is 461 g/mol. The molecule has 1 aliphatic rings. The van der Waals surface area contributed by atoms with Crippen LogP contribution in [-0.4, -0.2) is 30.9 Å². The summed E-state index contributed by atoms with van der Waals surface area (Å²) in [5, 5.41) is 5.34. The van der Waals surface area contributed by atoms with Crippen LogP contribution in [0.25, 0.3) is 0 Å². The normalized spacial score (nSPS) is 15.1. The van der Waals surface area contributed by atoms with Gasteiger partial charge in [0.2, 0.25) is 11.8 Å². The number of benzene rings is 3. The Bertz CT molecular complexity index is 1170. The van der Waals surface area contributed by atoms with Gasteiger partial charge < -0.3 is 20.3 Å². The van der Waals surface area contributed by atoms with E-state index in [1.807, 2.05) is 30.3 Å². The molecule has 0 radical (unpaired) electrons. The summed E-state index contributed by atoms with van der Waals surface area (Å²) >= 11 is 0. The van der Waals surface area contributed by atoms with Crippen LogP contribution in [0.3, 0.4) is 0 Å². The van der Waals surface area contributed by atoms with Crippen LogP contribution in [0.15, 0.2) is 78.9 Å². The van der Waals surface area contributed by atoms with Crippen molar-refractivity contribution in [3.63, 3.8) is 0 Å². The van der Waals surface area contributed by atoms with Crippen LogP contribution in [0.1, 0.15) is 12.0 Å². The highest BCUT2D eigenvalue weighted by molar-refractivity contribution is 6.00. The smallest absolute Gasteiger partial charge is 0.262 e. The molecule has 1 atom stereocenters. The summed E-state index contributed by atoms with van der Waals surface area (Å²) < 4.78 is 19.1. The van der Waals surface area contributed by atoms with E-state index in [1.165, 1.54) is 18.2 Å². The van der Waals surface area contributed by atoms with Crippen molar-refractivity contribution in [2.24, 2.45) is 5.92 Å². The number of anilines is 2. The number of nitrogens with one attached hydrogen (secondary N) is 2. The average Bonchev–Trinajstić information content (AvgIpc) is 3.25. The number of hydrogen-bond donors (Lipinski definition) is 2. The molecule has 1 fully saturated rings. The lowest BCUT2D eigenvalue weighted by Gasteiger charge is -2.17. The first-order chi connectivity index (χ1) is 16.5. The van der Waals surface area contributed by atoms with E-state index < -0.39 is 17.6 Å². The van der Waals surface area contributed by atoms with Crippen molar-refractivity contribution in [3.05, 3.63) is 90.2 Å². The number of para-hydroxylation sites is 1. The Morgan fingerprint density at radius 3 is 2.41 bits per heavy atom. The Morgan fingerprint density at radius 1 is 0.971 bits per heavy atom. The fourth-order valence-corrected chi connectivity index (χ4v) is 3.68. The Kier molecular flexibility index (Phi) is 7.17. The van der Waals surface area contributed by atoms with Crippen molar-refractivity contribution in [3.8, 4) is 5.75 Å². The second-order valence-corrected chi connectivity index (χ2v) is 7.92. The quantitative estimate of drug-likeness (QED) is 0.538. The van der Waals surface area contributed by atoms with Crippen molar-refractivity contribution in [2.45, 2.75) is 13.0 Å². The zero-order valence-electron chi connectivity index (χ0n) is 18.4. The molecular weight excluding hydrogens is 437 g/mol. The number of carbonyl (C=O) groups excluding carboxylic acids is 3. The number of halogens is 1. The Hall–Kier alpha value is -4.20. The highest BCUT2D eigenvalue weighted by Crippen LogP contribution is 2.27. The maximum absolute atomic E-state index is 13.6. The van der Waals surface area contributed by atoms with Gasteiger partial charge >= 0.3 is 0 Å². The Morgan fingerprint density at radius 2 is 1.68 bits per heavy atom. The molecule has 8 heteroatoms. The summed E-state index contributed by atoms with van der Waals surface area (Å²) in [6.45, 7) is 0.422. The lowest BCUT2D eigenvalue weighted by molar-refractivity contribution is -0.126. The molecule has 2 N–H and O–H groups in total. The fraction of sp³-hybridized carbons (Fsp3) is 0.192. The zero-order chi connectivity index (χ0) is 23.9. The van der Waals surface area contributed by atoms with E-state index in [1.54, 1.807) is 35.2 Å².